The highest BCUT2D eigenvalue weighted by Crippen LogP contribution is 2.74. The molecular weight excluding hydrogens is 175 g/mol. The van der Waals surface area contributed by atoms with Gasteiger partial charge in [0.05, 0.1) is 0 Å². The first-order valence-corrected chi connectivity index (χ1v) is 5.82. The minimum Gasteiger partial charge on any atom is -0.244 e. The summed E-state index contributed by atoms with van der Waals surface area (Å²) in [5.74, 6) is 0. The SMILES string of the molecule is CC1(C)CCC=C(C23CC(F)(C2)C3)C1. The van der Waals surface area contributed by atoms with E-state index in [9.17, 15) is 4.39 Å². The maximum atomic E-state index is 13.4. The van der Waals surface area contributed by atoms with Crippen LogP contribution >= 0.6 is 0 Å². The van der Waals surface area contributed by atoms with Crippen molar-refractivity contribution in [2.45, 2.75) is 58.0 Å². The van der Waals surface area contributed by atoms with Gasteiger partial charge in [-0.1, -0.05) is 25.5 Å². The number of hydrogen-bond acceptors (Lipinski definition) is 0. The van der Waals surface area contributed by atoms with E-state index in [2.05, 4.69) is 19.9 Å². The summed E-state index contributed by atoms with van der Waals surface area (Å²) in [6.07, 6.45) is 8.63. The van der Waals surface area contributed by atoms with Crippen molar-refractivity contribution < 1.29 is 4.39 Å². The summed E-state index contributed by atoms with van der Waals surface area (Å²) in [5, 5.41) is 0. The fourth-order valence-corrected chi connectivity index (χ4v) is 3.72. The second kappa shape index (κ2) is 2.25. The van der Waals surface area contributed by atoms with Crippen LogP contribution < -0.4 is 0 Å². The molecule has 1 heteroatoms. The first-order chi connectivity index (χ1) is 6.43. The van der Waals surface area contributed by atoms with Gasteiger partial charge in [-0.25, -0.2) is 4.39 Å². The zero-order chi connectivity index (χ0) is 10.0. The third-order valence-electron chi connectivity index (χ3n) is 4.53. The number of hydrogen-bond donors (Lipinski definition) is 0. The summed E-state index contributed by atoms with van der Waals surface area (Å²) in [7, 11) is 0. The molecule has 3 fully saturated rings. The summed E-state index contributed by atoms with van der Waals surface area (Å²) in [6, 6.07) is 0. The third-order valence-corrected chi connectivity index (χ3v) is 4.53. The molecule has 0 N–H and O–H groups in total. The van der Waals surface area contributed by atoms with Gasteiger partial charge in [0.25, 0.3) is 0 Å². The van der Waals surface area contributed by atoms with E-state index in [1.54, 1.807) is 5.57 Å². The lowest BCUT2D eigenvalue weighted by atomic mass is 9.38. The van der Waals surface area contributed by atoms with Gasteiger partial charge >= 0.3 is 0 Å². The fourth-order valence-electron chi connectivity index (χ4n) is 3.72. The van der Waals surface area contributed by atoms with Crippen LogP contribution in [0.5, 0.6) is 0 Å². The zero-order valence-electron chi connectivity index (χ0n) is 9.20. The molecule has 0 unspecified atom stereocenters. The normalized spacial score (nSPS) is 48.9. The van der Waals surface area contributed by atoms with E-state index < -0.39 is 5.67 Å². The molecule has 0 nitrogen and oxygen atoms in total. The molecule has 0 aromatic rings. The molecule has 0 radical (unpaired) electrons. The topological polar surface area (TPSA) is 0 Å². The van der Waals surface area contributed by atoms with Crippen LogP contribution in [0, 0.1) is 10.8 Å². The van der Waals surface area contributed by atoms with Gasteiger partial charge < -0.3 is 0 Å². The molecule has 0 heterocycles. The van der Waals surface area contributed by atoms with Crippen molar-refractivity contribution >= 4 is 0 Å². The second-order valence-electron chi connectivity index (χ2n) is 6.57. The average molecular weight is 194 g/mol. The summed E-state index contributed by atoms with van der Waals surface area (Å²) in [5.41, 5.74) is 1.66. The smallest absolute Gasteiger partial charge is 0.113 e. The first kappa shape index (κ1) is 8.94. The number of alkyl halides is 1. The van der Waals surface area contributed by atoms with Crippen molar-refractivity contribution in [3.63, 3.8) is 0 Å². The Kier molecular flexibility index (Phi) is 1.44. The van der Waals surface area contributed by atoms with E-state index in [4.69, 9.17) is 0 Å². The highest BCUT2D eigenvalue weighted by molar-refractivity contribution is 5.35. The predicted octanol–water partition coefficient (Wildman–Crippen LogP) is 4.02. The lowest BCUT2D eigenvalue weighted by molar-refractivity contribution is -0.192. The van der Waals surface area contributed by atoms with Gasteiger partial charge in [0.2, 0.25) is 0 Å². The number of halogens is 1. The minimum absolute atomic E-state index is 0.340. The molecule has 3 saturated carbocycles. The molecule has 0 aromatic carbocycles. The Morgan fingerprint density at radius 3 is 2.36 bits per heavy atom. The molecule has 0 saturated heterocycles. The largest absolute Gasteiger partial charge is 0.244 e. The molecule has 0 amide bonds. The van der Waals surface area contributed by atoms with Crippen molar-refractivity contribution in [2.24, 2.45) is 10.8 Å². The van der Waals surface area contributed by atoms with E-state index in [-0.39, 0.29) is 0 Å². The van der Waals surface area contributed by atoms with Gasteiger partial charge in [0.15, 0.2) is 0 Å². The Hall–Kier alpha value is -0.330. The van der Waals surface area contributed by atoms with Crippen molar-refractivity contribution in [2.75, 3.05) is 0 Å². The van der Waals surface area contributed by atoms with Gasteiger partial charge in [0.1, 0.15) is 5.67 Å². The van der Waals surface area contributed by atoms with Crippen molar-refractivity contribution in [3.8, 4) is 0 Å². The molecule has 4 aliphatic rings. The molecule has 0 atom stereocenters. The molecular formula is C13H19F. The van der Waals surface area contributed by atoms with Gasteiger partial charge in [0, 0.05) is 5.41 Å². The van der Waals surface area contributed by atoms with Gasteiger partial charge in [-0.2, -0.15) is 0 Å². The first-order valence-electron chi connectivity index (χ1n) is 5.82. The Labute approximate surface area is 85.6 Å². The van der Waals surface area contributed by atoms with Gasteiger partial charge in [-0.05, 0) is 43.9 Å². The third kappa shape index (κ3) is 1.04. The van der Waals surface area contributed by atoms with Crippen LogP contribution in [0.4, 0.5) is 4.39 Å². The maximum absolute atomic E-state index is 13.4. The lowest BCUT2D eigenvalue weighted by Gasteiger charge is -2.68. The molecule has 78 valence electrons. The Balaban J connectivity index is 1.78. The summed E-state index contributed by atoms with van der Waals surface area (Å²) < 4.78 is 13.4. The average Bonchev–Trinajstić information content (AvgIpc) is 1.95. The predicted molar refractivity (Wildman–Crippen MR) is 55.8 cm³/mol. The van der Waals surface area contributed by atoms with Crippen LogP contribution in [0.25, 0.3) is 0 Å². The number of rotatable bonds is 1. The summed E-state index contributed by atoms with van der Waals surface area (Å²) in [4.78, 5) is 0. The standard InChI is InChI=1S/C13H19F/c1-11(2)5-3-4-10(6-11)12-7-13(14,8-12)9-12/h4H,3,5-9H2,1-2H3. The van der Waals surface area contributed by atoms with E-state index in [1.165, 1.54) is 19.3 Å². The van der Waals surface area contributed by atoms with Crippen molar-refractivity contribution in [1.82, 2.24) is 0 Å². The van der Waals surface area contributed by atoms with E-state index in [0.717, 1.165) is 19.3 Å². The monoisotopic (exact) mass is 194 g/mol. The minimum atomic E-state index is -0.734. The summed E-state index contributed by atoms with van der Waals surface area (Å²) >= 11 is 0. The molecule has 2 bridgehead atoms. The van der Waals surface area contributed by atoms with Gasteiger partial charge in [-0.15, -0.1) is 0 Å². The lowest BCUT2D eigenvalue weighted by Crippen LogP contribution is -2.65. The number of allylic oxidation sites excluding steroid dienone is 2. The zero-order valence-corrected chi connectivity index (χ0v) is 9.20. The van der Waals surface area contributed by atoms with Gasteiger partial charge in [-0.3, -0.25) is 0 Å². The van der Waals surface area contributed by atoms with Crippen LogP contribution in [0.1, 0.15) is 52.4 Å². The van der Waals surface area contributed by atoms with Crippen LogP contribution in [-0.4, -0.2) is 5.67 Å². The second-order valence-corrected chi connectivity index (χ2v) is 6.57. The highest BCUT2D eigenvalue weighted by atomic mass is 19.1. The van der Waals surface area contributed by atoms with Crippen molar-refractivity contribution in [3.05, 3.63) is 11.6 Å². The molecule has 0 aliphatic heterocycles. The highest BCUT2D eigenvalue weighted by Gasteiger charge is 2.70. The van der Waals surface area contributed by atoms with Crippen LogP contribution in [0.15, 0.2) is 11.6 Å². The molecule has 4 aliphatic carbocycles. The molecule has 4 rings (SSSR count). The Morgan fingerprint density at radius 2 is 1.86 bits per heavy atom. The molecule has 0 aromatic heterocycles. The molecule has 0 spiro atoms. The fraction of sp³-hybridized carbons (Fsp3) is 0.846. The van der Waals surface area contributed by atoms with Crippen LogP contribution in [0.3, 0.4) is 0 Å². The quantitative estimate of drug-likeness (QED) is 0.553. The van der Waals surface area contributed by atoms with Crippen LogP contribution in [-0.2, 0) is 0 Å². The Morgan fingerprint density at radius 1 is 1.21 bits per heavy atom. The van der Waals surface area contributed by atoms with Crippen LogP contribution in [0.2, 0.25) is 0 Å². The van der Waals surface area contributed by atoms with Crippen molar-refractivity contribution in [1.29, 1.82) is 0 Å². The maximum Gasteiger partial charge on any atom is 0.113 e. The van der Waals surface area contributed by atoms with E-state index >= 15 is 0 Å². The Bertz CT molecular complexity index is 291. The summed E-state index contributed by atoms with van der Waals surface area (Å²) in [6.45, 7) is 4.69. The van der Waals surface area contributed by atoms with E-state index in [1.807, 2.05) is 0 Å². The van der Waals surface area contributed by atoms with E-state index in [0.29, 0.717) is 10.8 Å². The molecule has 14 heavy (non-hydrogen) atoms.